The molecule has 0 spiro atoms. The number of rotatable bonds is 3. The van der Waals surface area contributed by atoms with Crippen LogP contribution in [0.1, 0.15) is 27.0 Å². The van der Waals surface area contributed by atoms with Gasteiger partial charge in [-0.3, -0.25) is 14.7 Å². The molecule has 0 aromatic heterocycles. The highest BCUT2D eigenvalue weighted by molar-refractivity contribution is 8.13. The van der Waals surface area contributed by atoms with Crippen molar-refractivity contribution >= 4 is 22.8 Å². The van der Waals surface area contributed by atoms with Gasteiger partial charge in [0.15, 0.2) is 5.17 Å². The lowest BCUT2D eigenvalue weighted by molar-refractivity contribution is -0.137. The quantitative estimate of drug-likeness (QED) is 0.772. The Morgan fingerprint density at radius 2 is 1.77 bits per heavy atom. The molecule has 0 aliphatic carbocycles. The van der Waals surface area contributed by atoms with Crippen LogP contribution < -0.4 is 0 Å². The molecule has 0 fully saturated rings. The predicted molar refractivity (Wildman–Crippen MR) is 97.3 cm³/mol. The number of carbonyl (C=O) groups is 1. The fraction of sp³-hybridized carbons (Fsp3) is 0.263. The minimum atomic E-state index is -4.33. The first kappa shape index (κ1) is 18.5. The van der Waals surface area contributed by atoms with E-state index in [1.54, 1.807) is 17.0 Å². The first-order valence-corrected chi connectivity index (χ1v) is 9.05. The van der Waals surface area contributed by atoms with Gasteiger partial charge in [0.2, 0.25) is 0 Å². The number of amidine groups is 1. The summed E-state index contributed by atoms with van der Waals surface area (Å²) in [6, 6.07) is 12.4. The molecule has 7 heteroatoms. The standard InChI is InChI=1S/C19H17F3N2OS/c1-13-2-6-15(7-3-13)17(25)24-11-10-23-18(24)26-12-14-4-8-16(9-5-14)19(20,21)22/h2-9H,10-12H2,1H3. The average Bonchev–Trinajstić information content (AvgIpc) is 3.08. The summed E-state index contributed by atoms with van der Waals surface area (Å²) in [5.74, 6) is 0.343. The van der Waals surface area contributed by atoms with Gasteiger partial charge in [-0.05, 0) is 36.8 Å². The van der Waals surface area contributed by atoms with Crippen LogP contribution in [0.4, 0.5) is 13.2 Å². The van der Waals surface area contributed by atoms with Crippen LogP contribution in [-0.4, -0.2) is 29.1 Å². The van der Waals surface area contributed by atoms with Gasteiger partial charge in [-0.2, -0.15) is 13.2 Å². The number of aliphatic imine (C=N–C) groups is 1. The average molecular weight is 378 g/mol. The molecule has 2 aromatic rings. The monoisotopic (exact) mass is 378 g/mol. The second-order valence-electron chi connectivity index (χ2n) is 5.97. The molecule has 0 unspecified atom stereocenters. The fourth-order valence-corrected chi connectivity index (χ4v) is 3.53. The smallest absolute Gasteiger partial charge is 0.286 e. The number of halogens is 3. The number of alkyl halides is 3. The molecule has 0 N–H and O–H groups in total. The summed E-state index contributed by atoms with van der Waals surface area (Å²) >= 11 is 1.36. The summed E-state index contributed by atoms with van der Waals surface area (Å²) in [4.78, 5) is 18.6. The Bertz CT molecular complexity index is 814. The van der Waals surface area contributed by atoms with Crippen LogP contribution in [0.2, 0.25) is 0 Å². The van der Waals surface area contributed by atoms with Crippen LogP contribution >= 0.6 is 11.8 Å². The van der Waals surface area contributed by atoms with E-state index in [1.807, 2.05) is 19.1 Å². The van der Waals surface area contributed by atoms with Gasteiger partial charge in [0, 0.05) is 17.9 Å². The zero-order chi connectivity index (χ0) is 18.7. The number of thioether (sulfide) groups is 1. The Morgan fingerprint density at radius 3 is 2.38 bits per heavy atom. The molecule has 0 radical (unpaired) electrons. The van der Waals surface area contributed by atoms with Crippen molar-refractivity contribution < 1.29 is 18.0 Å². The first-order valence-electron chi connectivity index (χ1n) is 8.06. The van der Waals surface area contributed by atoms with Crippen molar-refractivity contribution in [2.45, 2.75) is 18.9 Å². The van der Waals surface area contributed by atoms with Crippen molar-refractivity contribution in [1.29, 1.82) is 0 Å². The Labute approximate surface area is 153 Å². The van der Waals surface area contributed by atoms with Gasteiger partial charge >= 0.3 is 6.18 Å². The van der Waals surface area contributed by atoms with E-state index in [1.165, 1.54) is 23.9 Å². The molecule has 1 amide bonds. The van der Waals surface area contributed by atoms with Crippen LogP contribution in [-0.2, 0) is 11.9 Å². The van der Waals surface area contributed by atoms with E-state index in [4.69, 9.17) is 0 Å². The molecule has 0 saturated carbocycles. The fourth-order valence-electron chi connectivity index (χ4n) is 2.53. The molecular weight excluding hydrogens is 361 g/mol. The van der Waals surface area contributed by atoms with Crippen molar-refractivity contribution in [3.05, 3.63) is 70.8 Å². The molecule has 2 aromatic carbocycles. The topological polar surface area (TPSA) is 32.7 Å². The maximum Gasteiger partial charge on any atom is 0.416 e. The summed E-state index contributed by atoms with van der Waals surface area (Å²) in [6.45, 7) is 3.01. The summed E-state index contributed by atoms with van der Waals surface area (Å²) < 4.78 is 37.8. The summed E-state index contributed by atoms with van der Waals surface area (Å²) in [5.41, 5.74) is 1.76. The second-order valence-corrected chi connectivity index (χ2v) is 6.91. The number of hydrogen-bond acceptors (Lipinski definition) is 3. The SMILES string of the molecule is Cc1ccc(C(=O)N2CCN=C2SCc2ccc(C(F)(F)F)cc2)cc1. The van der Waals surface area contributed by atoms with E-state index >= 15 is 0 Å². The first-order chi connectivity index (χ1) is 12.3. The van der Waals surface area contributed by atoms with E-state index in [2.05, 4.69) is 4.99 Å². The highest BCUT2D eigenvalue weighted by atomic mass is 32.2. The van der Waals surface area contributed by atoms with Gasteiger partial charge in [0.1, 0.15) is 0 Å². The molecule has 0 bridgehead atoms. The molecule has 0 saturated heterocycles. The van der Waals surface area contributed by atoms with Crippen LogP contribution in [0.25, 0.3) is 0 Å². The molecule has 3 nitrogen and oxygen atoms in total. The van der Waals surface area contributed by atoms with Gasteiger partial charge in [0.05, 0.1) is 12.1 Å². The highest BCUT2D eigenvalue weighted by Gasteiger charge is 2.30. The lowest BCUT2D eigenvalue weighted by Crippen LogP contribution is -2.32. The maximum absolute atomic E-state index is 12.6. The van der Waals surface area contributed by atoms with Gasteiger partial charge in [-0.1, -0.05) is 41.6 Å². The Balaban J connectivity index is 1.64. The van der Waals surface area contributed by atoms with Crippen molar-refractivity contribution in [1.82, 2.24) is 4.90 Å². The molecule has 1 aliphatic heterocycles. The number of amides is 1. The molecule has 0 atom stereocenters. The summed E-state index contributed by atoms with van der Waals surface area (Å²) in [6.07, 6.45) is -4.33. The van der Waals surface area contributed by atoms with Gasteiger partial charge in [-0.25, -0.2) is 0 Å². The van der Waals surface area contributed by atoms with Gasteiger partial charge < -0.3 is 0 Å². The highest BCUT2D eigenvalue weighted by Crippen LogP contribution is 2.30. The number of hydrogen-bond donors (Lipinski definition) is 0. The summed E-state index contributed by atoms with van der Waals surface area (Å²) in [7, 11) is 0. The van der Waals surface area contributed by atoms with Gasteiger partial charge in [-0.15, -0.1) is 0 Å². The van der Waals surface area contributed by atoms with Crippen molar-refractivity contribution in [2.75, 3.05) is 13.1 Å². The molecule has 136 valence electrons. The number of nitrogens with zero attached hydrogens (tertiary/aromatic N) is 2. The Hall–Kier alpha value is -2.28. The molecule has 3 rings (SSSR count). The van der Waals surface area contributed by atoms with E-state index in [9.17, 15) is 18.0 Å². The van der Waals surface area contributed by atoms with Crippen molar-refractivity contribution in [3.63, 3.8) is 0 Å². The molecule has 26 heavy (non-hydrogen) atoms. The molecular formula is C19H17F3N2OS. The van der Waals surface area contributed by atoms with E-state index < -0.39 is 11.7 Å². The van der Waals surface area contributed by atoms with Crippen LogP contribution in [0.3, 0.4) is 0 Å². The minimum Gasteiger partial charge on any atom is -0.286 e. The molecule has 1 aliphatic rings. The van der Waals surface area contributed by atoms with E-state index in [0.717, 1.165) is 23.3 Å². The lowest BCUT2D eigenvalue weighted by atomic mass is 10.1. The van der Waals surface area contributed by atoms with Gasteiger partial charge in [0.25, 0.3) is 5.91 Å². The zero-order valence-electron chi connectivity index (χ0n) is 14.1. The number of benzene rings is 2. The third kappa shape index (κ3) is 4.27. The van der Waals surface area contributed by atoms with Crippen molar-refractivity contribution in [2.24, 2.45) is 4.99 Å². The third-order valence-corrected chi connectivity index (χ3v) is 5.08. The zero-order valence-corrected chi connectivity index (χ0v) is 14.9. The number of carbonyl (C=O) groups excluding carboxylic acids is 1. The number of aryl methyl sites for hydroxylation is 1. The third-order valence-electron chi connectivity index (χ3n) is 3.99. The second kappa shape index (κ2) is 7.53. The van der Waals surface area contributed by atoms with E-state index in [-0.39, 0.29) is 5.91 Å². The predicted octanol–water partition coefficient (Wildman–Crippen LogP) is 4.76. The normalized spacial score (nSPS) is 14.5. The Morgan fingerprint density at radius 1 is 1.12 bits per heavy atom. The lowest BCUT2D eigenvalue weighted by Gasteiger charge is -2.18. The molecule has 1 heterocycles. The van der Waals surface area contributed by atoms with Crippen LogP contribution in [0.5, 0.6) is 0 Å². The maximum atomic E-state index is 12.6. The Kier molecular flexibility index (Phi) is 5.36. The van der Waals surface area contributed by atoms with Crippen LogP contribution in [0, 0.1) is 6.92 Å². The largest absolute Gasteiger partial charge is 0.416 e. The van der Waals surface area contributed by atoms with E-state index in [0.29, 0.717) is 29.6 Å². The summed E-state index contributed by atoms with van der Waals surface area (Å²) in [5, 5.41) is 0.607. The van der Waals surface area contributed by atoms with Crippen LogP contribution in [0.15, 0.2) is 53.5 Å². The van der Waals surface area contributed by atoms with Crippen molar-refractivity contribution in [3.8, 4) is 0 Å². The minimum absolute atomic E-state index is 0.110.